The zero-order valence-corrected chi connectivity index (χ0v) is 11.6. The summed E-state index contributed by atoms with van der Waals surface area (Å²) in [5, 5.41) is 1.05. The molecule has 0 aliphatic heterocycles. The smallest absolute Gasteiger partial charge is 0.165 e. The molecular formula is C17H15FN2O. The summed E-state index contributed by atoms with van der Waals surface area (Å²) in [6.07, 6.45) is 0. The Morgan fingerprint density at radius 1 is 1.10 bits per heavy atom. The molecule has 0 amide bonds. The fourth-order valence-electron chi connectivity index (χ4n) is 2.30. The molecule has 0 spiro atoms. The molecule has 1 atom stereocenters. The van der Waals surface area contributed by atoms with E-state index in [0.29, 0.717) is 11.3 Å². The fraction of sp³-hybridized carbons (Fsp3) is 0.118. The lowest BCUT2D eigenvalue weighted by Crippen LogP contribution is -2.13. The van der Waals surface area contributed by atoms with Gasteiger partial charge in [0.1, 0.15) is 0 Å². The van der Waals surface area contributed by atoms with Crippen molar-refractivity contribution in [1.29, 1.82) is 0 Å². The van der Waals surface area contributed by atoms with E-state index in [1.54, 1.807) is 12.1 Å². The number of methoxy groups -OCH3 is 1. The van der Waals surface area contributed by atoms with Crippen molar-refractivity contribution < 1.29 is 9.13 Å². The topological polar surface area (TPSA) is 48.1 Å². The number of para-hydroxylation sites is 1. The minimum absolute atomic E-state index is 0.206. The number of pyridine rings is 1. The molecule has 0 saturated heterocycles. The van der Waals surface area contributed by atoms with Crippen LogP contribution in [-0.2, 0) is 0 Å². The third kappa shape index (κ3) is 2.58. The highest BCUT2D eigenvalue weighted by Crippen LogP contribution is 2.25. The summed E-state index contributed by atoms with van der Waals surface area (Å²) >= 11 is 0. The normalized spacial score (nSPS) is 12.3. The van der Waals surface area contributed by atoms with Gasteiger partial charge in [-0.15, -0.1) is 0 Å². The number of benzene rings is 2. The van der Waals surface area contributed by atoms with Gasteiger partial charge in [-0.1, -0.05) is 30.3 Å². The second kappa shape index (κ2) is 5.50. The maximum atomic E-state index is 13.8. The zero-order chi connectivity index (χ0) is 14.8. The van der Waals surface area contributed by atoms with Gasteiger partial charge < -0.3 is 10.5 Å². The summed E-state index contributed by atoms with van der Waals surface area (Å²) in [4.78, 5) is 4.55. The molecule has 2 N–H and O–H groups in total. The number of aromatic nitrogens is 1. The molecule has 1 unspecified atom stereocenters. The third-order valence-electron chi connectivity index (χ3n) is 3.47. The van der Waals surface area contributed by atoms with Crippen LogP contribution in [0.3, 0.4) is 0 Å². The molecule has 3 rings (SSSR count). The van der Waals surface area contributed by atoms with Crippen LogP contribution in [0, 0.1) is 5.82 Å². The van der Waals surface area contributed by atoms with Crippen LogP contribution in [0.25, 0.3) is 10.9 Å². The Bertz CT molecular complexity index is 789. The molecule has 0 fully saturated rings. The molecule has 21 heavy (non-hydrogen) atoms. The van der Waals surface area contributed by atoms with E-state index in [0.717, 1.165) is 10.9 Å². The average Bonchev–Trinajstić information content (AvgIpc) is 2.53. The van der Waals surface area contributed by atoms with Gasteiger partial charge in [-0.2, -0.15) is 0 Å². The van der Waals surface area contributed by atoms with Crippen LogP contribution >= 0.6 is 0 Å². The minimum atomic E-state index is -0.477. The summed E-state index contributed by atoms with van der Waals surface area (Å²) in [5.74, 6) is -0.219. The Labute approximate surface area is 122 Å². The highest BCUT2D eigenvalue weighted by atomic mass is 19.1. The summed E-state index contributed by atoms with van der Waals surface area (Å²) in [6, 6.07) is 15.9. The monoisotopic (exact) mass is 282 g/mol. The summed E-state index contributed by atoms with van der Waals surface area (Å²) < 4.78 is 18.7. The number of rotatable bonds is 3. The van der Waals surface area contributed by atoms with Gasteiger partial charge in [0.25, 0.3) is 0 Å². The largest absolute Gasteiger partial charge is 0.494 e. The molecule has 3 nitrogen and oxygen atoms in total. The Hall–Kier alpha value is -2.46. The molecule has 0 saturated carbocycles. The lowest BCUT2D eigenvalue weighted by molar-refractivity contribution is 0.386. The van der Waals surface area contributed by atoms with Crippen molar-refractivity contribution >= 4 is 10.9 Å². The molecule has 3 aromatic rings. The quantitative estimate of drug-likeness (QED) is 0.800. The van der Waals surface area contributed by atoms with Crippen LogP contribution in [0.5, 0.6) is 5.75 Å². The highest BCUT2D eigenvalue weighted by molar-refractivity contribution is 5.78. The third-order valence-corrected chi connectivity index (χ3v) is 3.47. The second-order valence-electron chi connectivity index (χ2n) is 4.80. The minimum Gasteiger partial charge on any atom is -0.494 e. The number of fused-ring (bicyclic) bond motifs is 1. The first-order chi connectivity index (χ1) is 10.2. The summed E-state index contributed by atoms with van der Waals surface area (Å²) in [6.45, 7) is 0. The number of ether oxygens (including phenoxy) is 1. The van der Waals surface area contributed by atoms with E-state index in [9.17, 15) is 4.39 Å². The molecule has 0 aliphatic rings. The van der Waals surface area contributed by atoms with Crippen LogP contribution in [0.15, 0.2) is 54.6 Å². The van der Waals surface area contributed by atoms with Crippen molar-refractivity contribution in [2.24, 2.45) is 5.73 Å². The lowest BCUT2D eigenvalue weighted by Gasteiger charge is -2.13. The Kier molecular flexibility index (Phi) is 3.54. The van der Waals surface area contributed by atoms with Crippen molar-refractivity contribution in [3.8, 4) is 5.75 Å². The van der Waals surface area contributed by atoms with E-state index in [4.69, 9.17) is 10.5 Å². The van der Waals surface area contributed by atoms with Crippen molar-refractivity contribution in [2.75, 3.05) is 7.11 Å². The number of hydrogen-bond donors (Lipinski definition) is 1. The first-order valence-electron chi connectivity index (χ1n) is 6.64. The van der Waals surface area contributed by atoms with E-state index in [2.05, 4.69) is 4.98 Å². The highest BCUT2D eigenvalue weighted by Gasteiger charge is 2.13. The molecule has 1 heterocycles. The Balaban J connectivity index is 1.99. The van der Waals surface area contributed by atoms with Gasteiger partial charge in [-0.3, -0.25) is 4.98 Å². The van der Waals surface area contributed by atoms with Gasteiger partial charge in [-0.05, 0) is 29.8 Å². The first-order valence-corrected chi connectivity index (χ1v) is 6.64. The molecule has 0 bridgehead atoms. The van der Waals surface area contributed by atoms with Gasteiger partial charge in [-0.25, -0.2) is 4.39 Å². The van der Waals surface area contributed by atoms with Crippen molar-refractivity contribution in [3.63, 3.8) is 0 Å². The zero-order valence-electron chi connectivity index (χ0n) is 11.6. The van der Waals surface area contributed by atoms with E-state index < -0.39 is 11.9 Å². The number of nitrogens with two attached hydrogens (primary N) is 1. The number of nitrogens with zero attached hydrogens (tertiary/aromatic N) is 1. The van der Waals surface area contributed by atoms with Crippen LogP contribution in [0.2, 0.25) is 0 Å². The Morgan fingerprint density at radius 3 is 2.67 bits per heavy atom. The molecule has 0 aliphatic carbocycles. The molecule has 4 heteroatoms. The maximum Gasteiger partial charge on any atom is 0.165 e. The van der Waals surface area contributed by atoms with Gasteiger partial charge in [0.15, 0.2) is 11.6 Å². The maximum absolute atomic E-state index is 13.8. The average molecular weight is 282 g/mol. The lowest BCUT2D eigenvalue weighted by atomic mass is 10.0. The number of hydrogen-bond acceptors (Lipinski definition) is 3. The van der Waals surface area contributed by atoms with Gasteiger partial charge >= 0.3 is 0 Å². The second-order valence-corrected chi connectivity index (χ2v) is 4.80. The van der Waals surface area contributed by atoms with E-state index >= 15 is 0 Å². The van der Waals surface area contributed by atoms with Crippen LogP contribution in [-0.4, -0.2) is 12.1 Å². The first kappa shape index (κ1) is 13.5. The number of halogens is 1. The van der Waals surface area contributed by atoms with Crippen molar-refractivity contribution in [1.82, 2.24) is 4.98 Å². The molecule has 2 aromatic carbocycles. The molecular weight excluding hydrogens is 267 g/mol. The van der Waals surface area contributed by atoms with Crippen LogP contribution in [0.1, 0.15) is 17.3 Å². The van der Waals surface area contributed by atoms with Crippen LogP contribution in [0.4, 0.5) is 4.39 Å². The summed E-state index contributed by atoms with van der Waals surface area (Å²) in [5.41, 5.74) is 8.44. The fourth-order valence-corrected chi connectivity index (χ4v) is 2.30. The Morgan fingerprint density at radius 2 is 1.90 bits per heavy atom. The van der Waals surface area contributed by atoms with E-state index in [-0.39, 0.29) is 5.75 Å². The predicted molar refractivity (Wildman–Crippen MR) is 80.7 cm³/mol. The van der Waals surface area contributed by atoms with Crippen molar-refractivity contribution in [3.05, 3.63) is 71.7 Å². The van der Waals surface area contributed by atoms with Gasteiger partial charge in [0.2, 0.25) is 0 Å². The predicted octanol–water partition coefficient (Wildman–Crippen LogP) is 3.43. The van der Waals surface area contributed by atoms with E-state index in [1.807, 2.05) is 36.4 Å². The molecule has 106 valence electrons. The van der Waals surface area contributed by atoms with E-state index in [1.165, 1.54) is 13.2 Å². The molecule has 0 radical (unpaired) electrons. The SMILES string of the molecule is COc1ccc(C(N)c2ccc3ccccc3n2)cc1F. The molecule has 1 aromatic heterocycles. The summed E-state index contributed by atoms with van der Waals surface area (Å²) in [7, 11) is 1.43. The van der Waals surface area contributed by atoms with Crippen molar-refractivity contribution in [2.45, 2.75) is 6.04 Å². The van der Waals surface area contributed by atoms with Gasteiger partial charge in [0.05, 0.1) is 24.4 Å². The van der Waals surface area contributed by atoms with Crippen LogP contribution < -0.4 is 10.5 Å². The standard InChI is InChI=1S/C17H15FN2O/c1-21-16-9-7-12(10-13(16)18)17(19)15-8-6-11-4-2-3-5-14(11)20-15/h2-10,17H,19H2,1H3. The van der Waals surface area contributed by atoms with Gasteiger partial charge in [0, 0.05) is 5.39 Å².